The van der Waals surface area contributed by atoms with Crippen molar-refractivity contribution in [1.29, 1.82) is 0 Å². The van der Waals surface area contributed by atoms with Crippen LogP contribution in [0.4, 0.5) is 5.69 Å². The normalized spacial score (nSPS) is 14.5. The molecule has 0 N–H and O–H groups in total. The summed E-state index contributed by atoms with van der Waals surface area (Å²) in [6.45, 7) is 2.11. The van der Waals surface area contributed by atoms with Crippen molar-refractivity contribution in [1.82, 2.24) is 0 Å². The first kappa shape index (κ1) is 19.4. The molecule has 0 radical (unpaired) electrons. The molecule has 4 heteroatoms. The Hall–Kier alpha value is -3.92. The van der Waals surface area contributed by atoms with E-state index in [1.165, 1.54) is 6.08 Å². The average molecular weight is 395 g/mol. The summed E-state index contributed by atoms with van der Waals surface area (Å²) in [5.74, 6) is 0.765. The molecule has 3 aromatic rings. The molecule has 148 valence electrons. The zero-order valence-electron chi connectivity index (χ0n) is 16.6. The van der Waals surface area contributed by atoms with Gasteiger partial charge in [-0.05, 0) is 42.8 Å². The standard InChI is InChI=1S/C26H21NO3/c1-2-29-24(28)18-17-21(19-11-5-3-6-12-19)25-22-15-9-10-16-23(22)27-26(30-25)20-13-7-4-8-14-20/h3-18H,2H2,1H3/b18-17+,25-21-. The molecule has 0 unspecified atom stereocenters. The Morgan fingerprint density at radius 3 is 2.30 bits per heavy atom. The second-order valence-corrected chi connectivity index (χ2v) is 6.60. The molecule has 0 aromatic heterocycles. The van der Waals surface area contributed by atoms with Gasteiger partial charge < -0.3 is 9.47 Å². The van der Waals surface area contributed by atoms with E-state index < -0.39 is 5.97 Å². The van der Waals surface area contributed by atoms with E-state index in [9.17, 15) is 4.79 Å². The molecular formula is C26H21NO3. The number of allylic oxidation sites excluding steroid dienone is 2. The predicted molar refractivity (Wildman–Crippen MR) is 119 cm³/mol. The lowest BCUT2D eigenvalue weighted by Crippen LogP contribution is -2.12. The number of carbonyl (C=O) groups excluding carboxylic acids is 1. The second kappa shape index (κ2) is 9.05. The number of carbonyl (C=O) groups is 1. The molecule has 0 saturated carbocycles. The molecule has 0 spiro atoms. The van der Waals surface area contributed by atoms with Gasteiger partial charge in [0.25, 0.3) is 0 Å². The van der Waals surface area contributed by atoms with Crippen LogP contribution in [0.5, 0.6) is 0 Å². The fourth-order valence-electron chi connectivity index (χ4n) is 3.21. The average Bonchev–Trinajstić information content (AvgIpc) is 2.80. The van der Waals surface area contributed by atoms with Crippen molar-refractivity contribution in [3.05, 3.63) is 114 Å². The van der Waals surface area contributed by atoms with Gasteiger partial charge in [0.15, 0.2) is 0 Å². The molecule has 1 aliphatic heterocycles. The number of hydrogen-bond acceptors (Lipinski definition) is 4. The Morgan fingerprint density at radius 2 is 1.57 bits per heavy atom. The van der Waals surface area contributed by atoms with Gasteiger partial charge in [0.05, 0.1) is 12.3 Å². The SMILES string of the molecule is CCOC(=O)/C=C/C(=C1/OC(c2ccccc2)=Nc2ccccc21)c1ccccc1. The smallest absolute Gasteiger partial charge is 0.330 e. The molecule has 0 aliphatic carbocycles. The van der Waals surface area contributed by atoms with Gasteiger partial charge in [-0.1, -0.05) is 60.7 Å². The Kier molecular flexibility index (Phi) is 5.85. The zero-order valence-corrected chi connectivity index (χ0v) is 16.6. The second-order valence-electron chi connectivity index (χ2n) is 6.60. The molecule has 30 heavy (non-hydrogen) atoms. The third-order valence-corrected chi connectivity index (χ3v) is 4.59. The minimum absolute atomic E-state index is 0.324. The molecule has 0 bridgehead atoms. The van der Waals surface area contributed by atoms with Gasteiger partial charge >= 0.3 is 5.97 Å². The summed E-state index contributed by atoms with van der Waals surface area (Å²) in [6.07, 6.45) is 3.17. The van der Waals surface area contributed by atoms with Gasteiger partial charge in [-0.3, -0.25) is 0 Å². The molecule has 0 fully saturated rings. The largest absolute Gasteiger partial charge is 0.463 e. The number of hydrogen-bond donors (Lipinski definition) is 0. The Balaban J connectivity index is 1.89. The molecule has 4 nitrogen and oxygen atoms in total. The number of benzene rings is 3. The maximum atomic E-state index is 12.0. The van der Waals surface area contributed by atoms with Crippen LogP contribution in [-0.4, -0.2) is 18.5 Å². The monoisotopic (exact) mass is 395 g/mol. The first-order valence-corrected chi connectivity index (χ1v) is 9.82. The first-order chi connectivity index (χ1) is 14.8. The van der Waals surface area contributed by atoms with Gasteiger partial charge in [-0.25, -0.2) is 9.79 Å². The van der Waals surface area contributed by atoms with Gasteiger partial charge in [0, 0.05) is 22.8 Å². The van der Waals surface area contributed by atoms with Crippen molar-refractivity contribution in [3.63, 3.8) is 0 Å². The highest BCUT2D eigenvalue weighted by atomic mass is 16.5. The molecule has 0 amide bonds. The van der Waals surface area contributed by atoms with Crippen LogP contribution in [0.25, 0.3) is 11.3 Å². The van der Waals surface area contributed by atoms with Crippen LogP contribution in [0, 0.1) is 0 Å². The summed E-state index contributed by atoms with van der Waals surface area (Å²) in [7, 11) is 0. The molecule has 0 saturated heterocycles. The minimum Gasteiger partial charge on any atom is -0.463 e. The predicted octanol–water partition coefficient (Wildman–Crippen LogP) is 5.78. The molecule has 4 rings (SSSR count). The number of esters is 1. The molecular weight excluding hydrogens is 374 g/mol. The fourth-order valence-corrected chi connectivity index (χ4v) is 3.21. The van der Waals surface area contributed by atoms with Gasteiger partial charge in [-0.2, -0.15) is 0 Å². The lowest BCUT2D eigenvalue weighted by molar-refractivity contribution is -0.137. The highest BCUT2D eigenvalue weighted by Crippen LogP contribution is 2.38. The topological polar surface area (TPSA) is 47.9 Å². The van der Waals surface area contributed by atoms with E-state index >= 15 is 0 Å². The van der Waals surface area contributed by atoms with E-state index in [2.05, 4.69) is 0 Å². The van der Waals surface area contributed by atoms with Crippen LogP contribution in [-0.2, 0) is 14.3 Å². The summed E-state index contributed by atoms with van der Waals surface area (Å²) in [6, 6.07) is 27.4. The maximum absolute atomic E-state index is 12.0. The van der Waals surface area contributed by atoms with E-state index in [-0.39, 0.29) is 0 Å². The van der Waals surface area contributed by atoms with E-state index in [1.807, 2.05) is 84.9 Å². The third kappa shape index (κ3) is 4.23. The first-order valence-electron chi connectivity index (χ1n) is 9.82. The van der Waals surface area contributed by atoms with E-state index in [0.717, 1.165) is 28.0 Å². The maximum Gasteiger partial charge on any atom is 0.330 e. The highest BCUT2D eigenvalue weighted by molar-refractivity contribution is 6.07. The number of ether oxygens (including phenoxy) is 2. The van der Waals surface area contributed by atoms with Crippen LogP contribution >= 0.6 is 0 Å². The van der Waals surface area contributed by atoms with Gasteiger partial charge in [0.2, 0.25) is 5.90 Å². The number of para-hydroxylation sites is 1. The van der Waals surface area contributed by atoms with Crippen molar-refractivity contribution >= 4 is 28.9 Å². The summed E-state index contributed by atoms with van der Waals surface area (Å²) >= 11 is 0. The number of nitrogens with zero attached hydrogens (tertiary/aromatic N) is 1. The Bertz CT molecular complexity index is 1130. The summed E-state index contributed by atoms with van der Waals surface area (Å²) in [4.78, 5) is 16.7. The minimum atomic E-state index is -0.396. The highest BCUT2D eigenvalue weighted by Gasteiger charge is 2.23. The third-order valence-electron chi connectivity index (χ3n) is 4.59. The van der Waals surface area contributed by atoms with E-state index in [1.54, 1.807) is 13.0 Å². The Morgan fingerprint density at radius 1 is 0.900 bits per heavy atom. The Labute approximate surface area is 175 Å². The fraction of sp³-hybridized carbons (Fsp3) is 0.0769. The summed E-state index contributed by atoms with van der Waals surface area (Å²) < 4.78 is 11.4. The van der Waals surface area contributed by atoms with Crippen LogP contribution in [0.1, 0.15) is 23.6 Å². The van der Waals surface area contributed by atoms with E-state index in [0.29, 0.717) is 18.3 Å². The number of rotatable bonds is 5. The van der Waals surface area contributed by atoms with Crippen molar-refractivity contribution in [2.75, 3.05) is 6.61 Å². The van der Waals surface area contributed by atoms with Crippen molar-refractivity contribution in [3.8, 4) is 0 Å². The van der Waals surface area contributed by atoms with Crippen molar-refractivity contribution < 1.29 is 14.3 Å². The summed E-state index contributed by atoms with van der Waals surface area (Å²) in [5, 5.41) is 0. The van der Waals surface area contributed by atoms with E-state index in [4.69, 9.17) is 14.5 Å². The zero-order chi connectivity index (χ0) is 20.8. The van der Waals surface area contributed by atoms with Crippen LogP contribution in [0.15, 0.2) is 102 Å². The molecule has 3 aromatic carbocycles. The van der Waals surface area contributed by atoms with Crippen LogP contribution < -0.4 is 0 Å². The number of fused-ring (bicyclic) bond motifs is 1. The molecule has 0 atom stereocenters. The molecule has 1 aliphatic rings. The summed E-state index contributed by atoms with van der Waals surface area (Å²) in [5.41, 5.74) is 4.27. The van der Waals surface area contributed by atoms with Crippen molar-refractivity contribution in [2.24, 2.45) is 4.99 Å². The van der Waals surface area contributed by atoms with Gasteiger partial charge in [-0.15, -0.1) is 0 Å². The van der Waals surface area contributed by atoms with Crippen molar-refractivity contribution in [2.45, 2.75) is 6.92 Å². The lowest BCUT2D eigenvalue weighted by atomic mass is 9.98. The number of aliphatic imine (C=N–C) groups is 1. The van der Waals surface area contributed by atoms with Crippen LogP contribution in [0.2, 0.25) is 0 Å². The van der Waals surface area contributed by atoms with Crippen LogP contribution in [0.3, 0.4) is 0 Å². The van der Waals surface area contributed by atoms with Gasteiger partial charge in [0.1, 0.15) is 5.76 Å². The quantitative estimate of drug-likeness (QED) is 0.406. The lowest BCUT2D eigenvalue weighted by Gasteiger charge is -2.22. The molecule has 1 heterocycles.